The predicted molar refractivity (Wildman–Crippen MR) is 86.2 cm³/mol. The summed E-state index contributed by atoms with van der Waals surface area (Å²) < 4.78 is 10.9. The van der Waals surface area contributed by atoms with Crippen molar-refractivity contribution in [3.63, 3.8) is 0 Å². The molecule has 0 aromatic heterocycles. The molecule has 0 spiro atoms. The minimum atomic E-state index is -0.241. The van der Waals surface area contributed by atoms with Crippen LogP contribution in [0, 0.1) is 20.8 Å². The third kappa shape index (κ3) is 3.03. The van der Waals surface area contributed by atoms with Crippen LogP contribution in [0.5, 0.6) is 11.5 Å². The van der Waals surface area contributed by atoms with Gasteiger partial charge in [0.05, 0.1) is 20.3 Å². The fourth-order valence-corrected chi connectivity index (χ4v) is 2.70. The van der Waals surface area contributed by atoms with Crippen LogP contribution in [0.3, 0.4) is 0 Å². The topological polar surface area (TPSA) is 44.5 Å². The Morgan fingerprint density at radius 1 is 0.857 bits per heavy atom. The number of aryl methyl sites for hydroxylation is 3. The molecule has 0 amide bonds. The summed E-state index contributed by atoms with van der Waals surface area (Å²) in [6.45, 7) is 6.14. The molecule has 0 fully saturated rings. The fourth-order valence-electron chi connectivity index (χ4n) is 2.70. The summed E-state index contributed by atoms with van der Waals surface area (Å²) in [6.07, 6.45) is 0. The highest BCUT2D eigenvalue weighted by Gasteiger charge is 2.18. The van der Waals surface area contributed by atoms with Gasteiger partial charge in [-0.2, -0.15) is 0 Å². The molecule has 0 radical (unpaired) electrons. The van der Waals surface area contributed by atoms with Gasteiger partial charge in [-0.05, 0) is 55.2 Å². The zero-order valence-corrected chi connectivity index (χ0v) is 13.4. The van der Waals surface area contributed by atoms with Gasteiger partial charge in [-0.1, -0.05) is 18.2 Å². The van der Waals surface area contributed by atoms with Crippen LogP contribution in [0.1, 0.15) is 33.9 Å². The van der Waals surface area contributed by atoms with E-state index in [0.717, 1.165) is 33.8 Å². The normalized spacial score (nSPS) is 12.1. The maximum absolute atomic E-state index is 6.48. The first-order valence-electron chi connectivity index (χ1n) is 7.03. The Morgan fingerprint density at radius 2 is 1.52 bits per heavy atom. The largest absolute Gasteiger partial charge is 0.496 e. The average molecular weight is 285 g/mol. The molecule has 3 nitrogen and oxygen atoms in total. The van der Waals surface area contributed by atoms with Crippen molar-refractivity contribution < 1.29 is 9.47 Å². The minimum absolute atomic E-state index is 0.241. The second kappa shape index (κ2) is 6.19. The van der Waals surface area contributed by atoms with Gasteiger partial charge in [0.15, 0.2) is 0 Å². The van der Waals surface area contributed by atoms with Crippen LogP contribution in [-0.4, -0.2) is 14.2 Å². The Kier molecular flexibility index (Phi) is 4.53. The lowest BCUT2D eigenvalue weighted by Gasteiger charge is -2.20. The van der Waals surface area contributed by atoms with E-state index in [-0.39, 0.29) is 6.04 Å². The second-order valence-electron chi connectivity index (χ2n) is 5.40. The van der Waals surface area contributed by atoms with E-state index in [9.17, 15) is 0 Å². The van der Waals surface area contributed by atoms with Gasteiger partial charge in [0.25, 0.3) is 0 Å². The molecular weight excluding hydrogens is 262 g/mol. The number of hydrogen-bond donors (Lipinski definition) is 1. The van der Waals surface area contributed by atoms with Crippen LogP contribution >= 0.6 is 0 Å². The molecule has 0 aliphatic carbocycles. The van der Waals surface area contributed by atoms with Gasteiger partial charge in [-0.15, -0.1) is 0 Å². The van der Waals surface area contributed by atoms with Crippen molar-refractivity contribution in [1.29, 1.82) is 0 Å². The third-order valence-corrected chi connectivity index (χ3v) is 3.82. The minimum Gasteiger partial charge on any atom is -0.496 e. The molecule has 0 aliphatic rings. The molecule has 2 aromatic rings. The summed E-state index contributed by atoms with van der Waals surface area (Å²) >= 11 is 0. The van der Waals surface area contributed by atoms with Crippen molar-refractivity contribution in [2.45, 2.75) is 26.8 Å². The Bertz CT molecular complexity index is 650. The molecule has 112 valence electrons. The van der Waals surface area contributed by atoms with E-state index in [2.05, 4.69) is 19.9 Å². The molecule has 3 heteroatoms. The lowest BCUT2D eigenvalue weighted by atomic mass is 9.93. The Balaban J connectivity index is 2.52. The molecular formula is C18H23NO2. The molecule has 1 atom stereocenters. The number of nitrogens with two attached hydrogens (primary N) is 1. The van der Waals surface area contributed by atoms with E-state index in [0.29, 0.717) is 0 Å². The summed E-state index contributed by atoms with van der Waals surface area (Å²) in [5, 5.41) is 0. The van der Waals surface area contributed by atoms with Crippen LogP contribution < -0.4 is 15.2 Å². The summed E-state index contributed by atoms with van der Waals surface area (Å²) in [5.41, 5.74) is 11.9. The van der Waals surface area contributed by atoms with Crippen LogP contribution in [0.25, 0.3) is 0 Å². The third-order valence-electron chi connectivity index (χ3n) is 3.82. The lowest BCUT2D eigenvalue weighted by Crippen LogP contribution is -2.15. The second-order valence-corrected chi connectivity index (χ2v) is 5.40. The van der Waals surface area contributed by atoms with E-state index >= 15 is 0 Å². The standard InChI is InChI=1S/C18H23NO2/c1-11-8-13(3)17(16(9-11)21-5)18(19)14-7-6-12(2)15(10-14)20-4/h6-10,18H,19H2,1-5H3. The van der Waals surface area contributed by atoms with Crippen molar-refractivity contribution in [3.8, 4) is 11.5 Å². The zero-order chi connectivity index (χ0) is 15.6. The average Bonchev–Trinajstić information content (AvgIpc) is 2.46. The molecule has 1 unspecified atom stereocenters. The van der Waals surface area contributed by atoms with Gasteiger partial charge in [0, 0.05) is 5.56 Å². The van der Waals surface area contributed by atoms with Gasteiger partial charge in [-0.25, -0.2) is 0 Å². The highest BCUT2D eigenvalue weighted by Crippen LogP contribution is 2.34. The molecule has 2 aromatic carbocycles. The van der Waals surface area contributed by atoms with Crippen LogP contribution in [0.2, 0.25) is 0 Å². The highest BCUT2D eigenvalue weighted by molar-refractivity contribution is 5.50. The monoisotopic (exact) mass is 285 g/mol. The molecule has 2 rings (SSSR count). The van der Waals surface area contributed by atoms with E-state index < -0.39 is 0 Å². The van der Waals surface area contributed by atoms with Crippen LogP contribution in [0.4, 0.5) is 0 Å². The van der Waals surface area contributed by atoms with Gasteiger partial charge < -0.3 is 15.2 Å². The number of rotatable bonds is 4. The summed E-state index contributed by atoms with van der Waals surface area (Å²) in [6, 6.07) is 9.98. The summed E-state index contributed by atoms with van der Waals surface area (Å²) in [5.74, 6) is 1.69. The van der Waals surface area contributed by atoms with Crippen molar-refractivity contribution in [2.75, 3.05) is 14.2 Å². The molecule has 21 heavy (non-hydrogen) atoms. The molecule has 0 heterocycles. The van der Waals surface area contributed by atoms with Crippen LogP contribution in [0.15, 0.2) is 30.3 Å². The zero-order valence-electron chi connectivity index (χ0n) is 13.4. The quantitative estimate of drug-likeness (QED) is 0.932. The number of benzene rings is 2. The smallest absolute Gasteiger partial charge is 0.124 e. The first kappa shape index (κ1) is 15.4. The Morgan fingerprint density at radius 3 is 2.14 bits per heavy atom. The highest BCUT2D eigenvalue weighted by atomic mass is 16.5. The van der Waals surface area contributed by atoms with E-state index in [1.54, 1.807) is 14.2 Å². The lowest BCUT2D eigenvalue weighted by molar-refractivity contribution is 0.405. The number of hydrogen-bond acceptors (Lipinski definition) is 3. The molecule has 0 saturated carbocycles. The van der Waals surface area contributed by atoms with Gasteiger partial charge in [0.1, 0.15) is 11.5 Å². The number of ether oxygens (including phenoxy) is 2. The molecule has 0 saturated heterocycles. The van der Waals surface area contributed by atoms with Gasteiger partial charge in [0.2, 0.25) is 0 Å². The van der Waals surface area contributed by atoms with Crippen molar-refractivity contribution in [1.82, 2.24) is 0 Å². The fraction of sp³-hybridized carbons (Fsp3) is 0.333. The Hall–Kier alpha value is -2.00. The summed E-state index contributed by atoms with van der Waals surface area (Å²) in [7, 11) is 3.36. The van der Waals surface area contributed by atoms with E-state index in [1.165, 1.54) is 5.56 Å². The first-order valence-corrected chi connectivity index (χ1v) is 7.03. The van der Waals surface area contributed by atoms with Gasteiger partial charge in [-0.3, -0.25) is 0 Å². The van der Waals surface area contributed by atoms with Crippen molar-refractivity contribution in [2.24, 2.45) is 5.73 Å². The molecule has 0 aliphatic heterocycles. The van der Waals surface area contributed by atoms with E-state index in [4.69, 9.17) is 15.2 Å². The van der Waals surface area contributed by atoms with Gasteiger partial charge >= 0.3 is 0 Å². The van der Waals surface area contributed by atoms with Crippen molar-refractivity contribution in [3.05, 3.63) is 58.1 Å². The van der Waals surface area contributed by atoms with Crippen LogP contribution in [-0.2, 0) is 0 Å². The molecule has 0 bridgehead atoms. The SMILES string of the molecule is COc1cc(C(N)c2c(C)cc(C)cc2OC)ccc1C. The maximum Gasteiger partial charge on any atom is 0.124 e. The number of methoxy groups -OCH3 is 2. The first-order chi connectivity index (χ1) is 9.97. The predicted octanol–water partition coefficient (Wildman–Crippen LogP) is 3.68. The molecule has 2 N–H and O–H groups in total. The van der Waals surface area contributed by atoms with E-state index in [1.807, 2.05) is 31.2 Å². The summed E-state index contributed by atoms with van der Waals surface area (Å²) in [4.78, 5) is 0. The Labute approximate surface area is 126 Å². The van der Waals surface area contributed by atoms with Crippen molar-refractivity contribution >= 4 is 0 Å². The maximum atomic E-state index is 6.48.